The van der Waals surface area contributed by atoms with Crippen LogP contribution < -0.4 is 0 Å². The maximum Gasteiger partial charge on any atom is 0.341 e. The Morgan fingerprint density at radius 3 is 2.19 bits per heavy atom. The van der Waals surface area contributed by atoms with Crippen molar-refractivity contribution in [3.05, 3.63) is 0 Å². The zero-order valence-corrected chi connectivity index (χ0v) is 27.7. The first-order chi connectivity index (χ1) is 19.6. The molecule has 0 aromatic rings. The van der Waals surface area contributed by atoms with Crippen LogP contribution in [-0.4, -0.2) is 35.7 Å². The molecule has 0 bridgehead atoms. The second kappa shape index (κ2) is 10.8. The lowest BCUT2D eigenvalue weighted by Crippen LogP contribution is -2.67. The molecule has 0 saturated heterocycles. The molecule has 5 saturated carbocycles. The normalized spacial score (nSPS) is 45.6. The Labute approximate surface area is 254 Å². The van der Waals surface area contributed by atoms with Crippen molar-refractivity contribution < 1.29 is 29.0 Å². The van der Waals surface area contributed by atoms with Crippen molar-refractivity contribution in [3.63, 3.8) is 0 Å². The molecule has 6 nitrogen and oxygen atoms in total. The van der Waals surface area contributed by atoms with E-state index in [9.17, 15) is 19.5 Å². The molecule has 5 aliphatic rings. The number of carboxylic acid groups (broad SMARTS) is 1. The Balaban J connectivity index is 1.46. The molecule has 0 unspecified atom stereocenters. The molecule has 5 fully saturated rings. The Bertz CT molecular complexity index is 1080. The number of fused-ring (bicyclic) bond motifs is 7. The summed E-state index contributed by atoms with van der Waals surface area (Å²) in [5, 5.41) is 9.27. The van der Waals surface area contributed by atoms with Crippen molar-refractivity contribution in [2.45, 2.75) is 139 Å². The van der Waals surface area contributed by atoms with Gasteiger partial charge in [-0.15, -0.1) is 0 Å². The van der Waals surface area contributed by atoms with E-state index in [1.165, 1.54) is 12.8 Å². The molecule has 0 spiro atoms. The number of hydrogen-bond acceptors (Lipinski definition) is 5. The zero-order chi connectivity index (χ0) is 30.9. The van der Waals surface area contributed by atoms with Crippen molar-refractivity contribution >= 4 is 17.9 Å². The SMILES string of the molecule is CCCC(=O)O[C@@H]1CC[C@]2(C)[C@H]3CC[C@@H]4[C@H]5[C@H](C(C)C)CC[C@]5(C(=O)OCC(=O)O)CC[C@@]4(C)[C@]3(C)CC[C@H]2C1(C)C. The summed E-state index contributed by atoms with van der Waals surface area (Å²) >= 11 is 0. The van der Waals surface area contributed by atoms with E-state index in [1.807, 2.05) is 6.92 Å². The average Bonchev–Trinajstić information content (AvgIpc) is 3.31. The minimum absolute atomic E-state index is 0.0108. The highest BCUT2D eigenvalue weighted by atomic mass is 16.6. The van der Waals surface area contributed by atoms with Crippen LogP contribution >= 0.6 is 0 Å². The molecular formula is C36H58O6. The van der Waals surface area contributed by atoms with Gasteiger partial charge in [0.05, 0.1) is 5.41 Å². The van der Waals surface area contributed by atoms with Crippen LogP contribution in [0.1, 0.15) is 132 Å². The molecule has 238 valence electrons. The number of rotatable bonds is 7. The van der Waals surface area contributed by atoms with Crippen LogP contribution in [0.4, 0.5) is 0 Å². The van der Waals surface area contributed by atoms with Crippen molar-refractivity contribution in [1.29, 1.82) is 0 Å². The molecule has 0 aromatic heterocycles. The smallest absolute Gasteiger partial charge is 0.341 e. The fraction of sp³-hybridized carbons (Fsp3) is 0.917. The van der Waals surface area contributed by atoms with Crippen LogP contribution in [-0.2, 0) is 23.9 Å². The third-order valence-corrected chi connectivity index (χ3v) is 14.7. The lowest BCUT2D eigenvalue weighted by atomic mass is 9.32. The van der Waals surface area contributed by atoms with Crippen LogP contribution in [0.2, 0.25) is 0 Å². The summed E-state index contributed by atoms with van der Waals surface area (Å²) in [4.78, 5) is 37.6. The van der Waals surface area contributed by atoms with Crippen LogP contribution in [0.3, 0.4) is 0 Å². The van der Waals surface area contributed by atoms with Gasteiger partial charge in [0, 0.05) is 11.8 Å². The molecule has 0 aromatic carbocycles. The Hall–Kier alpha value is -1.59. The average molecular weight is 587 g/mol. The van der Waals surface area contributed by atoms with Gasteiger partial charge in [-0.2, -0.15) is 0 Å². The van der Waals surface area contributed by atoms with E-state index < -0.39 is 18.0 Å². The van der Waals surface area contributed by atoms with Gasteiger partial charge >= 0.3 is 17.9 Å². The van der Waals surface area contributed by atoms with Crippen molar-refractivity contribution in [2.75, 3.05) is 6.61 Å². The summed E-state index contributed by atoms with van der Waals surface area (Å²) in [5.41, 5.74) is -0.109. The largest absolute Gasteiger partial charge is 0.479 e. The third-order valence-electron chi connectivity index (χ3n) is 14.7. The highest BCUT2D eigenvalue weighted by molar-refractivity contribution is 5.81. The zero-order valence-electron chi connectivity index (χ0n) is 27.7. The number of hydrogen-bond donors (Lipinski definition) is 1. The standard InChI is InChI=1S/C36H58O6/c1-9-10-29(39)42-27-15-16-33(6)25(32(27,4)5)14-17-35(8)26(33)12-11-24-30-23(22(2)3)13-18-36(30,20-19-34(24,35)7)31(40)41-21-28(37)38/h22-27,30H,9-21H2,1-8H3,(H,37,38)/t23-,24+,25-,26+,27+,30+,33-,34+,35+,36-/m0/s1. The molecule has 42 heavy (non-hydrogen) atoms. The van der Waals surface area contributed by atoms with Gasteiger partial charge in [0.25, 0.3) is 0 Å². The maximum atomic E-state index is 13.8. The Morgan fingerprint density at radius 1 is 0.833 bits per heavy atom. The summed E-state index contributed by atoms with van der Waals surface area (Å²) in [6.45, 7) is 18.6. The number of aliphatic carboxylic acids is 1. The van der Waals surface area contributed by atoms with Gasteiger partial charge in [0.15, 0.2) is 6.61 Å². The summed E-state index contributed by atoms with van der Waals surface area (Å²) in [7, 11) is 0. The Kier molecular flexibility index (Phi) is 8.17. The predicted molar refractivity (Wildman–Crippen MR) is 162 cm³/mol. The first-order valence-corrected chi connectivity index (χ1v) is 17.2. The van der Waals surface area contributed by atoms with Gasteiger partial charge < -0.3 is 14.6 Å². The van der Waals surface area contributed by atoms with E-state index in [1.54, 1.807) is 0 Å². The highest BCUT2D eigenvalue weighted by Crippen LogP contribution is 2.77. The summed E-state index contributed by atoms with van der Waals surface area (Å²) in [5.74, 6) is 1.39. The molecule has 0 aliphatic heterocycles. The van der Waals surface area contributed by atoms with E-state index >= 15 is 0 Å². The topological polar surface area (TPSA) is 89.9 Å². The number of carbonyl (C=O) groups is 3. The lowest BCUT2D eigenvalue weighted by Gasteiger charge is -2.72. The number of carboxylic acids is 1. The molecule has 6 heteroatoms. The quantitative estimate of drug-likeness (QED) is 0.304. The molecule has 0 heterocycles. The number of esters is 2. The van der Waals surface area contributed by atoms with Gasteiger partial charge in [-0.25, -0.2) is 4.79 Å². The first-order valence-electron chi connectivity index (χ1n) is 17.2. The highest BCUT2D eigenvalue weighted by Gasteiger charge is 2.72. The summed E-state index contributed by atoms with van der Waals surface area (Å²) < 4.78 is 11.6. The van der Waals surface area contributed by atoms with Gasteiger partial charge in [-0.05, 0) is 122 Å². The third kappa shape index (κ3) is 4.49. The summed E-state index contributed by atoms with van der Waals surface area (Å²) in [6, 6.07) is 0. The van der Waals surface area contributed by atoms with Crippen LogP contribution in [0.5, 0.6) is 0 Å². The summed E-state index contributed by atoms with van der Waals surface area (Å²) in [6.07, 6.45) is 11.7. The molecule has 0 amide bonds. The van der Waals surface area contributed by atoms with E-state index in [2.05, 4.69) is 48.5 Å². The van der Waals surface area contributed by atoms with E-state index in [4.69, 9.17) is 9.47 Å². The van der Waals surface area contributed by atoms with Gasteiger partial charge in [0.2, 0.25) is 0 Å². The minimum Gasteiger partial charge on any atom is -0.479 e. The molecule has 1 N–H and O–H groups in total. The molecule has 10 atom stereocenters. The Morgan fingerprint density at radius 2 is 1.55 bits per heavy atom. The van der Waals surface area contributed by atoms with Gasteiger partial charge in [-0.3, -0.25) is 9.59 Å². The maximum absolute atomic E-state index is 13.8. The molecule has 5 rings (SSSR count). The fourth-order valence-corrected chi connectivity index (χ4v) is 12.6. The monoisotopic (exact) mass is 586 g/mol. The van der Waals surface area contributed by atoms with Gasteiger partial charge in [-0.1, -0.05) is 55.4 Å². The van der Waals surface area contributed by atoms with Crippen molar-refractivity contribution in [2.24, 2.45) is 62.6 Å². The van der Waals surface area contributed by atoms with E-state index in [-0.39, 0.29) is 45.6 Å². The van der Waals surface area contributed by atoms with Crippen LogP contribution in [0, 0.1) is 62.6 Å². The van der Waals surface area contributed by atoms with E-state index in [0.29, 0.717) is 36.0 Å². The predicted octanol–water partition coefficient (Wildman–Crippen LogP) is 8.06. The lowest BCUT2D eigenvalue weighted by molar-refractivity contribution is -0.252. The van der Waals surface area contributed by atoms with Crippen molar-refractivity contribution in [3.8, 4) is 0 Å². The molecular weight excluding hydrogens is 528 g/mol. The van der Waals surface area contributed by atoms with Crippen LogP contribution in [0.15, 0.2) is 0 Å². The van der Waals surface area contributed by atoms with Crippen molar-refractivity contribution in [1.82, 2.24) is 0 Å². The number of carbonyl (C=O) groups excluding carboxylic acids is 2. The molecule has 0 radical (unpaired) electrons. The molecule has 5 aliphatic carbocycles. The van der Waals surface area contributed by atoms with Crippen LogP contribution in [0.25, 0.3) is 0 Å². The van der Waals surface area contributed by atoms with Gasteiger partial charge in [0.1, 0.15) is 6.10 Å². The second-order valence-corrected chi connectivity index (χ2v) is 16.9. The second-order valence-electron chi connectivity index (χ2n) is 16.9. The minimum atomic E-state index is -1.08. The first kappa shape index (κ1) is 31.8. The van der Waals surface area contributed by atoms with E-state index in [0.717, 1.165) is 57.8 Å². The number of ether oxygens (including phenoxy) is 2. The fourth-order valence-electron chi connectivity index (χ4n) is 12.6.